The van der Waals surface area contributed by atoms with Crippen molar-refractivity contribution in [2.75, 3.05) is 26.9 Å². The predicted octanol–water partition coefficient (Wildman–Crippen LogP) is -0.483. The summed E-state index contributed by atoms with van der Waals surface area (Å²) in [7, 11) is 1.26. The van der Waals surface area contributed by atoms with E-state index in [-0.39, 0.29) is 11.9 Å². The van der Waals surface area contributed by atoms with Crippen molar-refractivity contribution in [2.24, 2.45) is 0 Å². The van der Waals surface area contributed by atoms with Crippen molar-refractivity contribution < 1.29 is 18.7 Å². The van der Waals surface area contributed by atoms with Crippen molar-refractivity contribution in [3.05, 3.63) is 11.8 Å². The number of esters is 1. The van der Waals surface area contributed by atoms with Crippen LogP contribution in [0.3, 0.4) is 0 Å². The van der Waals surface area contributed by atoms with Gasteiger partial charge in [0, 0.05) is 6.54 Å². The van der Waals surface area contributed by atoms with Crippen LogP contribution in [0.5, 0.6) is 0 Å². The number of rotatable bonds is 2. The lowest BCUT2D eigenvalue weighted by atomic mass is 10.3. The average Bonchev–Trinajstić information content (AvgIpc) is 2.78. The number of nitrogens with one attached hydrogen (secondary N) is 1. The summed E-state index contributed by atoms with van der Waals surface area (Å²) >= 11 is 0. The van der Waals surface area contributed by atoms with E-state index in [2.05, 4.69) is 20.3 Å². The lowest BCUT2D eigenvalue weighted by molar-refractivity contribution is 0.0531. The molecule has 2 rings (SSSR count). The molecular weight excluding hydrogens is 202 g/mol. The molecular formula is C8H11N3O4. The number of morpholine rings is 1. The molecule has 1 aromatic rings. The van der Waals surface area contributed by atoms with E-state index >= 15 is 0 Å². The van der Waals surface area contributed by atoms with Crippen LogP contribution in [0, 0.1) is 0 Å². The van der Waals surface area contributed by atoms with Crippen LogP contribution in [-0.4, -0.2) is 43.0 Å². The van der Waals surface area contributed by atoms with E-state index in [9.17, 15) is 4.79 Å². The number of methoxy groups -OCH3 is 1. The molecule has 15 heavy (non-hydrogen) atoms. The molecule has 0 saturated carbocycles. The molecule has 0 amide bonds. The lowest BCUT2D eigenvalue weighted by Gasteiger charge is -2.20. The van der Waals surface area contributed by atoms with Gasteiger partial charge in [-0.1, -0.05) is 0 Å². The molecule has 2 heterocycles. The minimum atomic E-state index is -0.634. The summed E-state index contributed by atoms with van der Waals surface area (Å²) in [5.74, 6) is -0.430. The van der Waals surface area contributed by atoms with Gasteiger partial charge in [-0.3, -0.25) is 0 Å². The van der Waals surface area contributed by atoms with Gasteiger partial charge in [-0.2, -0.15) is 0 Å². The largest absolute Gasteiger partial charge is 0.462 e. The van der Waals surface area contributed by atoms with Crippen molar-refractivity contribution in [1.82, 2.24) is 15.5 Å². The predicted molar refractivity (Wildman–Crippen MR) is 47.2 cm³/mol. The van der Waals surface area contributed by atoms with Gasteiger partial charge >= 0.3 is 11.9 Å². The molecule has 1 N–H and O–H groups in total. The maximum absolute atomic E-state index is 11.0. The number of nitrogens with zero attached hydrogens (tertiary/aromatic N) is 2. The smallest absolute Gasteiger partial charge is 0.396 e. The number of ether oxygens (including phenoxy) is 2. The first kappa shape index (κ1) is 10.1. The summed E-state index contributed by atoms with van der Waals surface area (Å²) in [6.07, 6.45) is 0. The Hall–Kier alpha value is -1.47. The summed E-state index contributed by atoms with van der Waals surface area (Å²) in [5, 5.41) is 10.5. The third-order valence-electron chi connectivity index (χ3n) is 2.02. The molecule has 0 bridgehead atoms. The molecule has 0 spiro atoms. The molecule has 1 atom stereocenters. The van der Waals surface area contributed by atoms with E-state index in [0.29, 0.717) is 19.1 Å². The van der Waals surface area contributed by atoms with Gasteiger partial charge in [0.1, 0.15) is 6.04 Å². The first-order chi connectivity index (χ1) is 7.31. The van der Waals surface area contributed by atoms with Crippen molar-refractivity contribution in [2.45, 2.75) is 6.04 Å². The highest BCUT2D eigenvalue weighted by Gasteiger charge is 2.23. The summed E-state index contributed by atoms with van der Waals surface area (Å²) in [5.41, 5.74) is 0. The summed E-state index contributed by atoms with van der Waals surface area (Å²) in [4.78, 5) is 11.0. The number of aromatic nitrogens is 2. The standard InChI is InChI=1S/C8H11N3O4/c1-13-8(12)7-11-10-6(15-7)5-4-14-3-2-9-5/h5,9H,2-4H2,1H3. The van der Waals surface area contributed by atoms with Crippen LogP contribution < -0.4 is 5.32 Å². The van der Waals surface area contributed by atoms with Gasteiger partial charge in [-0.05, 0) is 0 Å². The molecule has 0 aliphatic carbocycles. The van der Waals surface area contributed by atoms with Gasteiger partial charge in [0.15, 0.2) is 0 Å². The minimum Gasteiger partial charge on any atom is -0.462 e. The van der Waals surface area contributed by atoms with E-state index in [0.717, 1.165) is 6.54 Å². The van der Waals surface area contributed by atoms with Crippen LogP contribution in [0.4, 0.5) is 0 Å². The van der Waals surface area contributed by atoms with Crippen LogP contribution in [0.1, 0.15) is 22.6 Å². The molecule has 1 aromatic heterocycles. The molecule has 82 valence electrons. The first-order valence-corrected chi connectivity index (χ1v) is 4.54. The Morgan fingerprint density at radius 3 is 3.13 bits per heavy atom. The fourth-order valence-electron chi connectivity index (χ4n) is 1.27. The third-order valence-corrected chi connectivity index (χ3v) is 2.02. The maximum atomic E-state index is 11.0. The van der Waals surface area contributed by atoms with E-state index in [1.165, 1.54) is 7.11 Å². The molecule has 7 nitrogen and oxygen atoms in total. The highest BCUT2D eigenvalue weighted by atomic mass is 16.5. The van der Waals surface area contributed by atoms with Gasteiger partial charge in [0.25, 0.3) is 0 Å². The second-order valence-corrected chi connectivity index (χ2v) is 3.02. The van der Waals surface area contributed by atoms with Gasteiger partial charge < -0.3 is 19.2 Å². The topological polar surface area (TPSA) is 86.5 Å². The number of carbonyl (C=O) groups is 1. The summed E-state index contributed by atoms with van der Waals surface area (Å²) < 4.78 is 14.8. The summed E-state index contributed by atoms with van der Waals surface area (Å²) in [6, 6.07) is -0.148. The highest BCUT2D eigenvalue weighted by molar-refractivity contribution is 5.83. The van der Waals surface area contributed by atoms with Crippen molar-refractivity contribution in [1.29, 1.82) is 0 Å². The maximum Gasteiger partial charge on any atom is 0.396 e. The van der Waals surface area contributed by atoms with Gasteiger partial charge in [-0.15, -0.1) is 10.2 Å². The van der Waals surface area contributed by atoms with Crippen molar-refractivity contribution >= 4 is 5.97 Å². The van der Waals surface area contributed by atoms with E-state index in [1.807, 2.05) is 0 Å². The SMILES string of the molecule is COC(=O)c1nnc(C2COCCN2)o1. The normalized spacial score (nSPS) is 21.3. The third kappa shape index (κ3) is 2.13. The zero-order valence-electron chi connectivity index (χ0n) is 8.23. The molecule has 0 aromatic carbocycles. The Kier molecular flexibility index (Phi) is 2.93. The van der Waals surface area contributed by atoms with Crippen molar-refractivity contribution in [3.63, 3.8) is 0 Å². The van der Waals surface area contributed by atoms with Crippen LogP contribution in [0.15, 0.2) is 4.42 Å². The Labute approximate surface area is 85.8 Å². The van der Waals surface area contributed by atoms with Gasteiger partial charge in [-0.25, -0.2) is 4.79 Å². The molecule has 0 radical (unpaired) electrons. The zero-order chi connectivity index (χ0) is 10.7. The fraction of sp³-hybridized carbons (Fsp3) is 0.625. The van der Waals surface area contributed by atoms with Crippen LogP contribution >= 0.6 is 0 Å². The Morgan fingerprint density at radius 1 is 1.60 bits per heavy atom. The second kappa shape index (κ2) is 4.37. The number of carbonyl (C=O) groups excluding carboxylic acids is 1. The molecule has 7 heteroatoms. The molecule has 1 unspecified atom stereocenters. The van der Waals surface area contributed by atoms with E-state index in [4.69, 9.17) is 9.15 Å². The lowest BCUT2D eigenvalue weighted by Crippen LogP contribution is -2.34. The van der Waals surface area contributed by atoms with Crippen LogP contribution in [0.25, 0.3) is 0 Å². The number of hydrogen-bond acceptors (Lipinski definition) is 7. The van der Waals surface area contributed by atoms with Gasteiger partial charge in [0.05, 0.1) is 20.3 Å². The Balaban J connectivity index is 2.08. The monoisotopic (exact) mass is 213 g/mol. The highest BCUT2D eigenvalue weighted by Crippen LogP contribution is 2.14. The van der Waals surface area contributed by atoms with E-state index < -0.39 is 5.97 Å². The number of hydrogen-bond donors (Lipinski definition) is 1. The zero-order valence-corrected chi connectivity index (χ0v) is 8.23. The Bertz CT molecular complexity index is 345. The van der Waals surface area contributed by atoms with Crippen LogP contribution in [-0.2, 0) is 9.47 Å². The quantitative estimate of drug-likeness (QED) is 0.663. The molecule has 1 aliphatic rings. The first-order valence-electron chi connectivity index (χ1n) is 4.54. The van der Waals surface area contributed by atoms with Gasteiger partial charge in [0.2, 0.25) is 5.89 Å². The minimum absolute atomic E-state index is 0.139. The molecule has 1 aliphatic heterocycles. The average molecular weight is 213 g/mol. The van der Waals surface area contributed by atoms with Crippen LogP contribution in [0.2, 0.25) is 0 Å². The van der Waals surface area contributed by atoms with E-state index in [1.54, 1.807) is 0 Å². The Morgan fingerprint density at radius 2 is 2.47 bits per heavy atom. The second-order valence-electron chi connectivity index (χ2n) is 3.02. The summed E-state index contributed by atoms with van der Waals surface area (Å²) in [6.45, 7) is 1.85. The fourth-order valence-corrected chi connectivity index (χ4v) is 1.27. The molecule has 1 saturated heterocycles. The van der Waals surface area contributed by atoms with Crippen molar-refractivity contribution in [3.8, 4) is 0 Å². The molecule has 1 fully saturated rings.